The highest BCUT2D eigenvalue weighted by Crippen LogP contribution is 2.30. The summed E-state index contributed by atoms with van der Waals surface area (Å²) in [6.07, 6.45) is 2.45. The van der Waals surface area contributed by atoms with E-state index in [1.54, 1.807) is 6.92 Å². The quantitative estimate of drug-likeness (QED) is 0.795. The highest BCUT2D eigenvalue weighted by Gasteiger charge is 2.43. The summed E-state index contributed by atoms with van der Waals surface area (Å²) < 4.78 is 4.67. The van der Waals surface area contributed by atoms with Crippen molar-refractivity contribution in [1.29, 1.82) is 0 Å². The Hall–Kier alpha value is -1.92. The van der Waals surface area contributed by atoms with Crippen LogP contribution in [-0.2, 0) is 4.79 Å². The van der Waals surface area contributed by atoms with Crippen LogP contribution in [0.25, 0.3) is 0 Å². The molecular formula is C10H13N3O4. The van der Waals surface area contributed by atoms with Gasteiger partial charge >= 0.3 is 5.97 Å². The molecule has 0 saturated heterocycles. The van der Waals surface area contributed by atoms with E-state index in [1.807, 2.05) is 0 Å². The van der Waals surface area contributed by atoms with Crippen molar-refractivity contribution in [1.82, 2.24) is 15.5 Å². The molecular weight excluding hydrogens is 226 g/mol. The van der Waals surface area contributed by atoms with Gasteiger partial charge in [0.05, 0.1) is 0 Å². The normalized spacial score (nSPS) is 17.9. The van der Waals surface area contributed by atoms with Gasteiger partial charge in [0.15, 0.2) is 0 Å². The third kappa shape index (κ3) is 2.13. The molecule has 1 aromatic heterocycles. The van der Waals surface area contributed by atoms with Crippen LogP contribution in [0.1, 0.15) is 42.2 Å². The molecule has 1 fully saturated rings. The number of nitrogens with one attached hydrogen (secondary N) is 1. The number of aromatic nitrogens is 2. The second-order valence-corrected chi connectivity index (χ2v) is 4.19. The lowest BCUT2D eigenvalue weighted by molar-refractivity contribution is -0.144. The molecule has 92 valence electrons. The molecule has 1 heterocycles. The van der Waals surface area contributed by atoms with Crippen LogP contribution in [0.5, 0.6) is 0 Å². The van der Waals surface area contributed by atoms with Crippen molar-refractivity contribution in [2.75, 3.05) is 0 Å². The van der Waals surface area contributed by atoms with Gasteiger partial charge in [-0.3, -0.25) is 4.79 Å². The lowest BCUT2D eigenvalue weighted by Crippen LogP contribution is -2.52. The highest BCUT2D eigenvalue weighted by atomic mass is 16.5. The Labute approximate surface area is 97.2 Å². The first-order chi connectivity index (χ1) is 8.03. The van der Waals surface area contributed by atoms with Crippen LogP contribution in [0.15, 0.2) is 4.52 Å². The lowest BCUT2D eigenvalue weighted by Gasteiger charge is -2.24. The molecule has 2 N–H and O–H groups in total. The van der Waals surface area contributed by atoms with E-state index < -0.39 is 17.4 Å². The molecule has 1 aliphatic rings. The maximum Gasteiger partial charge on any atom is 0.329 e. The molecule has 1 aliphatic carbocycles. The number of carboxylic acids is 1. The number of rotatable bonds is 3. The van der Waals surface area contributed by atoms with Crippen molar-refractivity contribution in [2.45, 2.75) is 38.1 Å². The van der Waals surface area contributed by atoms with E-state index in [0.29, 0.717) is 12.8 Å². The van der Waals surface area contributed by atoms with E-state index in [4.69, 9.17) is 0 Å². The van der Waals surface area contributed by atoms with Crippen molar-refractivity contribution in [3.63, 3.8) is 0 Å². The standard InChI is InChI=1S/C10H13N3O4/c1-6-11-7(13-17-6)8(14)12-10(9(15)16)4-2-3-5-10/h2-5H2,1H3,(H,12,14)(H,15,16). The summed E-state index contributed by atoms with van der Waals surface area (Å²) in [5, 5.41) is 15.1. The molecule has 0 bridgehead atoms. The molecule has 17 heavy (non-hydrogen) atoms. The number of aliphatic carboxylic acids is 1. The molecule has 0 unspecified atom stereocenters. The van der Waals surface area contributed by atoms with Crippen LogP contribution in [0.2, 0.25) is 0 Å². The fourth-order valence-corrected chi connectivity index (χ4v) is 2.04. The van der Waals surface area contributed by atoms with E-state index >= 15 is 0 Å². The van der Waals surface area contributed by atoms with Crippen molar-refractivity contribution in [3.05, 3.63) is 11.7 Å². The Bertz CT molecular complexity index is 448. The SMILES string of the molecule is Cc1nc(C(=O)NC2(C(=O)O)CCCC2)no1. The smallest absolute Gasteiger partial charge is 0.329 e. The third-order valence-electron chi connectivity index (χ3n) is 2.95. The maximum absolute atomic E-state index is 11.8. The minimum Gasteiger partial charge on any atom is -0.480 e. The highest BCUT2D eigenvalue weighted by molar-refractivity contribution is 5.95. The average molecular weight is 239 g/mol. The van der Waals surface area contributed by atoms with E-state index in [9.17, 15) is 14.7 Å². The lowest BCUT2D eigenvalue weighted by atomic mass is 9.98. The molecule has 1 saturated carbocycles. The van der Waals surface area contributed by atoms with E-state index in [1.165, 1.54) is 0 Å². The Morgan fingerprint density at radius 1 is 1.41 bits per heavy atom. The van der Waals surface area contributed by atoms with Gasteiger partial charge in [-0.25, -0.2) is 4.79 Å². The summed E-state index contributed by atoms with van der Waals surface area (Å²) in [5.74, 6) is -1.48. The van der Waals surface area contributed by atoms with Crippen molar-refractivity contribution in [3.8, 4) is 0 Å². The van der Waals surface area contributed by atoms with Crippen LogP contribution in [0.4, 0.5) is 0 Å². The first-order valence-corrected chi connectivity index (χ1v) is 5.40. The van der Waals surface area contributed by atoms with Gasteiger partial charge in [0.2, 0.25) is 5.89 Å². The number of amides is 1. The zero-order chi connectivity index (χ0) is 12.5. The summed E-state index contributed by atoms with van der Waals surface area (Å²) >= 11 is 0. The Balaban J connectivity index is 2.14. The molecule has 0 spiro atoms. The molecule has 7 nitrogen and oxygen atoms in total. The molecule has 0 aliphatic heterocycles. The first kappa shape index (κ1) is 11.6. The van der Waals surface area contributed by atoms with Crippen LogP contribution in [0.3, 0.4) is 0 Å². The summed E-state index contributed by atoms with van der Waals surface area (Å²) in [5.41, 5.74) is -1.17. The van der Waals surface area contributed by atoms with Gasteiger partial charge < -0.3 is 14.9 Å². The monoisotopic (exact) mass is 239 g/mol. The average Bonchev–Trinajstić information content (AvgIpc) is 2.87. The third-order valence-corrected chi connectivity index (χ3v) is 2.95. The van der Waals surface area contributed by atoms with Crippen LogP contribution >= 0.6 is 0 Å². The number of carboxylic acid groups (broad SMARTS) is 1. The van der Waals surface area contributed by atoms with Gasteiger partial charge in [0.1, 0.15) is 5.54 Å². The number of carbonyl (C=O) groups is 2. The Morgan fingerprint density at radius 3 is 2.53 bits per heavy atom. The zero-order valence-electron chi connectivity index (χ0n) is 9.39. The summed E-state index contributed by atoms with van der Waals surface area (Å²) in [6, 6.07) is 0. The molecule has 0 radical (unpaired) electrons. The van der Waals surface area contributed by atoms with Crippen molar-refractivity contribution >= 4 is 11.9 Å². The second-order valence-electron chi connectivity index (χ2n) is 4.19. The molecule has 1 aromatic rings. The van der Waals surface area contributed by atoms with E-state index in [0.717, 1.165) is 12.8 Å². The van der Waals surface area contributed by atoms with Gasteiger partial charge in [-0.1, -0.05) is 18.0 Å². The van der Waals surface area contributed by atoms with E-state index in [-0.39, 0.29) is 11.7 Å². The minimum atomic E-state index is -1.17. The largest absolute Gasteiger partial charge is 0.480 e. The number of hydrogen-bond acceptors (Lipinski definition) is 5. The van der Waals surface area contributed by atoms with Gasteiger partial charge in [-0.2, -0.15) is 4.98 Å². The fourth-order valence-electron chi connectivity index (χ4n) is 2.04. The summed E-state index contributed by atoms with van der Waals surface area (Å²) in [7, 11) is 0. The number of nitrogens with zero attached hydrogens (tertiary/aromatic N) is 2. The molecule has 2 rings (SSSR count). The zero-order valence-corrected chi connectivity index (χ0v) is 9.39. The van der Waals surface area contributed by atoms with Crippen LogP contribution in [-0.4, -0.2) is 32.7 Å². The molecule has 7 heteroatoms. The fraction of sp³-hybridized carbons (Fsp3) is 0.600. The number of carbonyl (C=O) groups excluding carboxylic acids is 1. The van der Waals surface area contributed by atoms with Crippen molar-refractivity contribution < 1.29 is 19.2 Å². The van der Waals surface area contributed by atoms with Gasteiger partial charge in [0, 0.05) is 6.92 Å². The minimum absolute atomic E-state index is 0.130. The van der Waals surface area contributed by atoms with Crippen LogP contribution < -0.4 is 5.32 Å². The Morgan fingerprint density at radius 2 is 2.06 bits per heavy atom. The maximum atomic E-state index is 11.8. The predicted molar refractivity (Wildman–Crippen MR) is 55.3 cm³/mol. The van der Waals surface area contributed by atoms with Gasteiger partial charge in [-0.05, 0) is 12.8 Å². The Kier molecular flexibility index (Phi) is 2.83. The molecule has 1 amide bonds. The summed E-state index contributed by atoms with van der Waals surface area (Å²) in [4.78, 5) is 26.7. The number of hydrogen-bond donors (Lipinski definition) is 2. The van der Waals surface area contributed by atoms with Gasteiger partial charge in [0.25, 0.3) is 11.7 Å². The van der Waals surface area contributed by atoms with E-state index in [2.05, 4.69) is 20.0 Å². The molecule has 0 aromatic carbocycles. The first-order valence-electron chi connectivity index (χ1n) is 5.40. The number of aryl methyl sites for hydroxylation is 1. The van der Waals surface area contributed by atoms with Gasteiger partial charge in [-0.15, -0.1) is 0 Å². The topological polar surface area (TPSA) is 105 Å². The van der Waals surface area contributed by atoms with Crippen LogP contribution in [0, 0.1) is 6.92 Å². The van der Waals surface area contributed by atoms with Crippen molar-refractivity contribution in [2.24, 2.45) is 0 Å². The second kappa shape index (κ2) is 4.15. The molecule has 0 atom stereocenters. The summed E-state index contributed by atoms with van der Waals surface area (Å²) in [6.45, 7) is 1.56. The predicted octanol–water partition coefficient (Wildman–Crippen LogP) is 0.505.